The van der Waals surface area contributed by atoms with E-state index in [1.807, 2.05) is 40.0 Å². The number of methoxy groups -OCH3 is 2. The van der Waals surface area contributed by atoms with Crippen molar-refractivity contribution in [2.24, 2.45) is 0 Å². The van der Waals surface area contributed by atoms with Crippen LogP contribution in [0.5, 0.6) is 0 Å². The molecule has 0 aliphatic heterocycles. The molecule has 0 bridgehead atoms. The molecule has 0 aliphatic rings. The van der Waals surface area contributed by atoms with Crippen molar-refractivity contribution in [1.82, 2.24) is 9.97 Å². The predicted octanol–water partition coefficient (Wildman–Crippen LogP) is 2.37. The van der Waals surface area contributed by atoms with Gasteiger partial charge in [0, 0.05) is 60.1 Å². The Morgan fingerprint density at radius 2 is 1.31 bits per heavy atom. The van der Waals surface area contributed by atoms with Crippen LogP contribution in [0.4, 0.5) is 0 Å². The largest absolute Gasteiger partial charge is 0.490 e. The van der Waals surface area contributed by atoms with Gasteiger partial charge in [-0.05, 0) is 49.7 Å². The number of halogens is 1. The first kappa shape index (κ1) is 22.7. The normalized spacial score (nSPS) is 11.6. The summed E-state index contributed by atoms with van der Waals surface area (Å²) in [6, 6.07) is 3.68. The first-order valence-electron chi connectivity index (χ1n) is 8.06. The van der Waals surface area contributed by atoms with Crippen LogP contribution in [0.1, 0.15) is 38.8 Å². The van der Waals surface area contributed by atoms with E-state index in [1.165, 1.54) is 6.20 Å². The highest BCUT2D eigenvalue weighted by atomic mass is 79.9. The quantitative estimate of drug-likeness (QED) is 0.716. The van der Waals surface area contributed by atoms with Crippen LogP contribution in [0.25, 0.3) is 0 Å². The average molecular weight is 425 g/mol. The molecular formula is C18H26BBrN2O4. The fourth-order valence-corrected chi connectivity index (χ4v) is 2.27. The summed E-state index contributed by atoms with van der Waals surface area (Å²) in [6.07, 6.45) is 6.64. The van der Waals surface area contributed by atoms with E-state index in [-0.39, 0.29) is 5.60 Å². The van der Waals surface area contributed by atoms with Crippen molar-refractivity contribution in [2.45, 2.75) is 38.9 Å². The summed E-state index contributed by atoms with van der Waals surface area (Å²) < 4.78 is 11.6. The van der Waals surface area contributed by atoms with Crippen molar-refractivity contribution >= 4 is 28.5 Å². The molecule has 26 heavy (non-hydrogen) atoms. The number of pyridine rings is 2. The van der Waals surface area contributed by atoms with Gasteiger partial charge in [-0.1, -0.05) is 6.07 Å². The molecule has 0 unspecified atom stereocenters. The van der Waals surface area contributed by atoms with Gasteiger partial charge >= 0.3 is 7.12 Å². The number of ether oxygens (including phenoxy) is 2. The van der Waals surface area contributed by atoms with Crippen LogP contribution in [0, 0.1) is 0 Å². The maximum atomic E-state index is 8.96. The van der Waals surface area contributed by atoms with Gasteiger partial charge in [0.15, 0.2) is 0 Å². The molecule has 0 saturated heterocycles. The summed E-state index contributed by atoms with van der Waals surface area (Å²) in [6.45, 7) is 7.79. The van der Waals surface area contributed by atoms with Gasteiger partial charge in [0.1, 0.15) is 0 Å². The molecule has 0 aromatic carbocycles. The monoisotopic (exact) mass is 424 g/mol. The molecule has 2 rings (SSSR count). The van der Waals surface area contributed by atoms with E-state index in [2.05, 4.69) is 25.9 Å². The van der Waals surface area contributed by atoms with Gasteiger partial charge in [-0.3, -0.25) is 9.97 Å². The van der Waals surface area contributed by atoms with E-state index < -0.39 is 12.7 Å². The van der Waals surface area contributed by atoms with Gasteiger partial charge in [0.25, 0.3) is 0 Å². The summed E-state index contributed by atoms with van der Waals surface area (Å²) in [7, 11) is 1.80. The van der Waals surface area contributed by atoms with E-state index >= 15 is 0 Å². The fraction of sp³-hybridized carbons (Fsp3) is 0.444. The van der Waals surface area contributed by atoms with Crippen LogP contribution in [0.3, 0.4) is 0 Å². The third-order valence-electron chi connectivity index (χ3n) is 4.17. The molecule has 0 spiro atoms. The third-order valence-corrected chi connectivity index (χ3v) is 4.61. The zero-order valence-corrected chi connectivity index (χ0v) is 17.6. The molecule has 2 aromatic rings. The highest BCUT2D eigenvalue weighted by Crippen LogP contribution is 2.25. The second-order valence-corrected chi connectivity index (χ2v) is 7.62. The van der Waals surface area contributed by atoms with E-state index in [0.29, 0.717) is 5.46 Å². The minimum atomic E-state index is -1.49. The Morgan fingerprint density at radius 3 is 1.73 bits per heavy atom. The topological polar surface area (TPSA) is 84.7 Å². The van der Waals surface area contributed by atoms with Crippen molar-refractivity contribution in [3.63, 3.8) is 0 Å². The summed E-state index contributed by atoms with van der Waals surface area (Å²) in [5, 5.41) is 17.9. The fourth-order valence-electron chi connectivity index (χ4n) is 1.91. The molecule has 0 radical (unpaired) electrons. The number of nitrogens with zero attached hydrogens (tertiary/aromatic N) is 2. The van der Waals surface area contributed by atoms with Gasteiger partial charge in [0.2, 0.25) is 0 Å². The first-order chi connectivity index (χ1) is 12.0. The van der Waals surface area contributed by atoms with Gasteiger partial charge < -0.3 is 19.5 Å². The molecule has 8 heteroatoms. The molecule has 0 amide bonds. The van der Waals surface area contributed by atoms with Crippen LogP contribution in [-0.2, 0) is 20.7 Å². The lowest BCUT2D eigenvalue weighted by molar-refractivity contribution is 0.0187. The lowest BCUT2D eigenvalue weighted by atomic mass is 9.80. The maximum absolute atomic E-state index is 8.96. The molecule has 2 aromatic heterocycles. The van der Waals surface area contributed by atoms with Crippen molar-refractivity contribution in [3.8, 4) is 0 Å². The molecule has 142 valence electrons. The average Bonchev–Trinajstić information content (AvgIpc) is 2.62. The molecule has 2 N–H and O–H groups in total. The predicted molar refractivity (Wildman–Crippen MR) is 106 cm³/mol. The van der Waals surface area contributed by atoms with Gasteiger partial charge in [-0.25, -0.2) is 0 Å². The summed E-state index contributed by atoms with van der Waals surface area (Å²) in [5.41, 5.74) is 1.51. The molecule has 6 nitrogen and oxygen atoms in total. The van der Waals surface area contributed by atoms with Crippen LogP contribution in [0.15, 0.2) is 41.4 Å². The van der Waals surface area contributed by atoms with Crippen molar-refractivity contribution < 1.29 is 19.5 Å². The summed E-state index contributed by atoms with van der Waals surface area (Å²) in [5.74, 6) is 0. The Balaban J connectivity index is 0.000000263. The van der Waals surface area contributed by atoms with E-state index in [4.69, 9.17) is 19.5 Å². The zero-order chi connectivity index (χ0) is 20.0. The number of hydrogen-bond acceptors (Lipinski definition) is 6. The molecule has 0 fully saturated rings. The van der Waals surface area contributed by atoms with Crippen LogP contribution in [0.2, 0.25) is 0 Å². The van der Waals surface area contributed by atoms with Gasteiger partial charge in [-0.15, -0.1) is 0 Å². The van der Waals surface area contributed by atoms with Crippen molar-refractivity contribution in [1.29, 1.82) is 0 Å². The minimum Gasteiger partial charge on any atom is -0.423 e. The Morgan fingerprint density at radius 1 is 0.846 bits per heavy atom. The highest BCUT2D eigenvalue weighted by molar-refractivity contribution is 9.10. The lowest BCUT2D eigenvalue weighted by Gasteiger charge is -2.23. The standard InChI is InChI=1S/C9H14BNO3.C9H12BrNO/c1-9(2,14-3)7-4-8(10(12)13)6-11-5-7;1-9(2,12-3)7-4-8(10)6-11-5-7/h4-6,12-13H,1-3H3;4-6H,1-3H3. The summed E-state index contributed by atoms with van der Waals surface area (Å²) >= 11 is 3.37. The highest BCUT2D eigenvalue weighted by Gasteiger charge is 2.22. The number of hydrogen-bond donors (Lipinski definition) is 2. The third kappa shape index (κ3) is 6.44. The number of rotatable bonds is 5. The Hall–Kier alpha value is -1.32. The molecular weight excluding hydrogens is 399 g/mol. The molecule has 2 heterocycles. The minimum absolute atomic E-state index is 0.267. The van der Waals surface area contributed by atoms with Crippen molar-refractivity contribution in [3.05, 3.63) is 52.5 Å². The van der Waals surface area contributed by atoms with Crippen LogP contribution >= 0.6 is 15.9 Å². The van der Waals surface area contributed by atoms with E-state index in [1.54, 1.807) is 32.7 Å². The Kier molecular flexibility index (Phi) is 8.37. The molecule has 0 aliphatic carbocycles. The van der Waals surface area contributed by atoms with Gasteiger partial charge in [-0.2, -0.15) is 0 Å². The second kappa shape index (κ2) is 9.57. The zero-order valence-electron chi connectivity index (χ0n) is 16.0. The number of aromatic nitrogens is 2. The maximum Gasteiger partial charge on any atom is 0.490 e. The Bertz CT molecular complexity index is 711. The SMILES string of the molecule is COC(C)(C)c1cncc(B(O)O)c1.COC(C)(C)c1cncc(Br)c1. The second-order valence-electron chi connectivity index (χ2n) is 6.70. The smallest absolute Gasteiger partial charge is 0.423 e. The molecule has 0 atom stereocenters. The molecule has 0 saturated carbocycles. The summed E-state index contributed by atoms with van der Waals surface area (Å²) in [4.78, 5) is 7.99. The lowest BCUT2D eigenvalue weighted by Crippen LogP contribution is -2.32. The van der Waals surface area contributed by atoms with Crippen LogP contribution in [-0.4, -0.2) is 41.4 Å². The van der Waals surface area contributed by atoms with Crippen LogP contribution < -0.4 is 5.46 Å². The van der Waals surface area contributed by atoms with Gasteiger partial charge in [0.05, 0.1) is 11.2 Å². The first-order valence-corrected chi connectivity index (χ1v) is 8.85. The Labute approximate surface area is 163 Å². The van der Waals surface area contributed by atoms with Crippen molar-refractivity contribution in [2.75, 3.05) is 14.2 Å². The van der Waals surface area contributed by atoms with E-state index in [9.17, 15) is 0 Å². The van der Waals surface area contributed by atoms with E-state index in [0.717, 1.165) is 15.6 Å².